The van der Waals surface area contributed by atoms with Gasteiger partial charge in [0.05, 0.1) is 11.4 Å². The van der Waals surface area contributed by atoms with Gasteiger partial charge in [-0.2, -0.15) is 5.10 Å². The van der Waals surface area contributed by atoms with Crippen molar-refractivity contribution in [3.05, 3.63) is 70.6 Å². The molecule has 2 heterocycles. The Labute approximate surface area is 132 Å². The third kappa shape index (κ3) is 3.31. The zero-order valence-electron chi connectivity index (χ0n) is 11.6. The maximum absolute atomic E-state index is 4.48. The smallest absolute Gasteiger partial charge is 0.126 e. The number of aryl methyl sites for hydroxylation is 1. The molecule has 0 fully saturated rings. The largest absolute Gasteiger partial charge is 0.366 e. The molecule has 4 nitrogen and oxygen atoms in total. The van der Waals surface area contributed by atoms with E-state index in [4.69, 9.17) is 0 Å². The number of aromatic nitrogens is 3. The molecule has 0 atom stereocenters. The fraction of sp³-hybridized carbons (Fsp3) is 0.125. The Morgan fingerprint density at radius 2 is 2.00 bits per heavy atom. The average Bonchev–Trinajstić information content (AvgIpc) is 2.93. The molecule has 0 saturated heterocycles. The van der Waals surface area contributed by atoms with Gasteiger partial charge in [-0.3, -0.25) is 0 Å². The number of nitrogens with zero attached hydrogens (tertiary/aromatic N) is 3. The molecule has 3 aromatic rings. The molecule has 0 unspecified atom stereocenters. The average molecular weight is 343 g/mol. The highest BCUT2D eigenvalue weighted by Crippen LogP contribution is 2.16. The van der Waals surface area contributed by atoms with E-state index >= 15 is 0 Å². The molecule has 0 aliphatic carbocycles. The van der Waals surface area contributed by atoms with Crippen molar-refractivity contribution in [3.63, 3.8) is 0 Å². The third-order valence-electron chi connectivity index (χ3n) is 3.15. The fourth-order valence-corrected chi connectivity index (χ4v) is 2.33. The summed E-state index contributed by atoms with van der Waals surface area (Å²) in [6.07, 6.45) is 3.76. The minimum absolute atomic E-state index is 0.698. The Balaban J connectivity index is 1.81. The second-order valence-electron chi connectivity index (χ2n) is 4.75. The van der Waals surface area contributed by atoms with Gasteiger partial charge < -0.3 is 5.32 Å². The van der Waals surface area contributed by atoms with Crippen LogP contribution in [0.3, 0.4) is 0 Å². The van der Waals surface area contributed by atoms with Crippen molar-refractivity contribution in [3.8, 4) is 5.69 Å². The molecular formula is C16H15BrN4. The number of rotatable bonds is 4. The number of hydrogen-bond donors (Lipinski definition) is 1. The zero-order valence-corrected chi connectivity index (χ0v) is 13.2. The van der Waals surface area contributed by atoms with E-state index in [0.29, 0.717) is 6.54 Å². The maximum Gasteiger partial charge on any atom is 0.126 e. The highest BCUT2D eigenvalue weighted by molar-refractivity contribution is 9.10. The Bertz CT molecular complexity index is 734. The summed E-state index contributed by atoms with van der Waals surface area (Å²) in [5.74, 6) is 0.852. The molecule has 0 bridgehead atoms. The van der Waals surface area contributed by atoms with Crippen LogP contribution in [0.4, 0.5) is 5.82 Å². The van der Waals surface area contributed by atoms with Crippen molar-refractivity contribution in [2.24, 2.45) is 0 Å². The summed E-state index contributed by atoms with van der Waals surface area (Å²) in [5.41, 5.74) is 3.26. The standard InChI is InChI=1S/C16H15BrN4/c1-12-8-9-21(20-12)15-5-3-2-4-13(15)10-18-16-7-6-14(17)11-19-16/h2-9,11H,10H2,1H3,(H,18,19). The molecule has 1 aromatic carbocycles. The second kappa shape index (κ2) is 6.10. The zero-order chi connectivity index (χ0) is 14.7. The number of nitrogens with one attached hydrogen (secondary N) is 1. The lowest BCUT2D eigenvalue weighted by Gasteiger charge is -2.11. The van der Waals surface area contributed by atoms with E-state index in [1.54, 1.807) is 6.20 Å². The van der Waals surface area contributed by atoms with Crippen molar-refractivity contribution in [1.82, 2.24) is 14.8 Å². The summed E-state index contributed by atoms with van der Waals surface area (Å²) in [4.78, 5) is 4.32. The van der Waals surface area contributed by atoms with Gasteiger partial charge in [-0.25, -0.2) is 9.67 Å². The van der Waals surface area contributed by atoms with Crippen LogP contribution in [-0.4, -0.2) is 14.8 Å². The predicted octanol–water partition coefficient (Wildman–Crippen LogP) is 3.95. The Morgan fingerprint density at radius 1 is 1.14 bits per heavy atom. The third-order valence-corrected chi connectivity index (χ3v) is 3.62. The first-order valence-corrected chi connectivity index (χ1v) is 7.48. The Morgan fingerprint density at radius 3 is 2.71 bits per heavy atom. The monoisotopic (exact) mass is 342 g/mol. The number of para-hydroxylation sites is 1. The Hall–Kier alpha value is -2.14. The molecular weight excluding hydrogens is 328 g/mol. The normalized spacial score (nSPS) is 10.6. The van der Waals surface area contributed by atoms with Gasteiger partial charge in [-0.05, 0) is 52.7 Å². The highest BCUT2D eigenvalue weighted by atomic mass is 79.9. The van der Waals surface area contributed by atoms with Crippen LogP contribution in [0.25, 0.3) is 5.69 Å². The Kier molecular flexibility index (Phi) is 4.01. The van der Waals surface area contributed by atoms with Crippen molar-refractivity contribution in [2.75, 3.05) is 5.32 Å². The van der Waals surface area contributed by atoms with E-state index in [9.17, 15) is 0 Å². The summed E-state index contributed by atoms with van der Waals surface area (Å²) in [6, 6.07) is 14.1. The number of anilines is 1. The van der Waals surface area contributed by atoms with Crippen LogP contribution in [0.5, 0.6) is 0 Å². The van der Waals surface area contributed by atoms with E-state index in [0.717, 1.165) is 21.7 Å². The first-order chi connectivity index (χ1) is 10.2. The van der Waals surface area contributed by atoms with Gasteiger partial charge in [0.15, 0.2) is 0 Å². The van der Waals surface area contributed by atoms with Crippen LogP contribution in [0.15, 0.2) is 59.3 Å². The molecule has 0 spiro atoms. The molecule has 0 amide bonds. The predicted molar refractivity (Wildman–Crippen MR) is 87.6 cm³/mol. The van der Waals surface area contributed by atoms with Crippen LogP contribution in [0.2, 0.25) is 0 Å². The number of benzene rings is 1. The quantitative estimate of drug-likeness (QED) is 0.780. The van der Waals surface area contributed by atoms with E-state index in [1.165, 1.54) is 5.56 Å². The van der Waals surface area contributed by atoms with Crippen LogP contribution in [0.1, 0.15) is 11.3 Å². The molecule has 3 rings (SSSR count). The van der Waals surface area contributed by atoms with E-state index in [-0.39, 0.29) is 0 Å². The molecule has 0 radical (unpaired) electrons. The van der Waals surface area contributed by atoms with E-state index in [2.05, 4.69) is 43.5 Å². The maximum atomic E-state index is 4.48. The van der Waals surface area contributed by atoms with Gasteiger partial charge in [0, 0.05) is 23.4 Å². The van der Waals surface area contributed by atoms with Crippen molar-refractivity contribution in [2.45, 2.75) is 13.5 Å². The lowest BCUT2D eigenvalue weighted by molar-refractivity contribution is 0.848. The van der Waals surface area contributed by atoms with Gasteiger partial charge in [-0.1, -0.05) is 18.2 Å². The number of pyridine rings is 1. The summed E-state index contributed by atoms with van der Waals surface area (Å²) >= 11 is 3.38. The summed E-state index contributed by atoms with van der Waals surface area (Å²) in [5, 5.41) is 7.81. The second-order valence-corrected chi connectivity index (χ2v) is 5.66. The van der Waals surface area contributed by atoms with Gasteiger partial charge >= 0.3 is 0 Å². The minimum Gasteiger partial charge on any atom is -0.366 e. The van der Waals surface area contributed by atoms with Gasteiger partial charge in [0.2, 0.25) is 0 Å². The topological polar surface area (TPSA) is 42.7 Å². The fourth-order valence-electron chi connectivity index (χ4n) is 2.10. The number of hydrogen-bond acceptors (Lipinski definition) is 3. The lowest BCUT2D eigenvalue weighted by atomic mass is 10.2. The summed E-state index contributed by atoms with van der Waals surface area (Å²) in [7, 11) is 0. The summed E-state index contributed by atoms with van der Waals surface area (Å²) in [6.45, 7) is 2.69. The first kappa shape index (κ1) is 13.8. The van der Waals surface area contributed by atoms with Crippen molar-refractivity contribution < 1.29 is 0 Å². The van der Waals surface area contributed by atoms with Gasteiger partial charge in [-0.15, -0.1) is 0 Å². The highest BCUT2D eigenvalue weighted by Gasteiger charge is 2.05. The van der Waals surface area contributed by atoms with Crippen molar-refractivity contribution >= 4 is 21.7 Å². The van der Waals surface area contributed by atoms with Crippen LogP contribution < -0.4 is 5.32 Å². The van der Waals surface area contributed by atoms with Crippen molar-refractivity contribution in [1.29, 1.82) is 0 Å². The molecule has 5 heteroatoms. The lowest BCUT2D eigenvalue weighted by Crippen LogP contribution is -2.06. The minimum atomic E-state index is 0.698. The van der Waals surface area contributed by atoms with Gasteiger partial charge in [0.1, 0.15) is 5.82 Å². The van der Waals surface area contributed by atoms with Crippen LogP contribution in [-0.2, 0) is 6.54 Å². The first-order valence-electron chi connectivity index (χ1n) is 6.68. The van der Waals surface area contributed by atoms with Crippen LogP contribution >= 0.6 is 15.9 Å². The molecule has 0 aliphatic heterocycles. The molecule has 2 aromatic heterocycles. The molecule has 1 N–H and O–H groups in total. The van der Waals surface area contributed by atoms with E-state index < -0.39 is 0 Å². The van der Waals surface area contributed by atoms with E-state index in [1.807, 2.05) is 48.1 Å². The SMILES string of the molecule is Cc1ccn(-c2ccccc2CNc2ccc(Br)cn2)n1. The molecule has 0 saturated carbocycles. The molecule has 106 valence electrons. The molecule has 0 aliphatic rings. The van der Waals surface area contributed by atoms with Crippen LogP contribution in [0, 0.1) is 6.92 Å². The summed E-state index contributed by atoms with van der Waals surface area (Å²) < 4.78 is 2.88. The number of halogens is 1. The molecule has 21 heavy (non-hydrogen) atoms. The van der Waals surface area contributed by atoms with Gasteiger partial charge in [0.25, 0.3) is 0 Å².